The van der Waals surface area contributed by atoms with E-state index in [9.17, 15) is 9.59 Å². The second-order valence-electron chi connectivity index (χ2n) is 5.53. The smallest absolute Gasteiger partial charge is 0.328 e. The van der Waals surface area contributed by atoms with Crippen LogP contribution >= 0.6 is 11.8 Å². The Morgan fingerprint density at radius 2 is 1.92 bits per heavy atom. The van der Waals surface area contributed by atoms with Crippen LogP contribution in [-0.2, 0) is 20.7 Å². The Hall–Kier alpha value is -2.87. The van der Waals surface area contributed by atoms with E-state index in [1.165, 1.54) is 18.9 Å². The molecule has 3 aromatic rings. The van der Waals surface area contributed by atoms with E-state index < -0.39 is 12.0 Å². The van der Waals surface area contributed by atoms with Gasteiger partial charge >= 0.3 is 5.97 Å². The first-order valence-corrected chi connectivity index (χ1v) is 8.99. The van der Waals surface area contributed by atoms with Crippen LogP contribution in [0.15, 0.2) is 59.9 Å². The van der Waals surface area contributed by atoms with E-state index in [0.717, 1.165) is 5.56 Å². The van der Waals surface area contributed by atoms with Gasteiger partial charge in [-0.05, 0) is 17.7 Å². The maximum Gasteiger partial charge on any atom is 0.328 e. The monoisotopic (exact) mass is 370 g/mol. The van der Waals surface area contributed by atoms with Crippen molar-refractivity contribution in [3.8, 4) is 0 Å². The van der Waals surface area contributed by atoms with Crippen molar-refractivity contribution in [1.82, 2.24) is 19.9 Å². The van der Waals surface area contributed by atoms with Gasteiger partial charge in [0.25, 0.3) is 0 Å². The Kier molecular flexibility index (Phi) is 5.85. The molecule has 0 fully saturated rings. The summed E-state index contributed by atoms with van der Waals surface area (Å²) in [6, 6.07) is 14.3. The lowest BCUT2D eigenvalue weighted by Gasteiger charge is -2.16. The highest BCUT2D eigenvalue weighted by Crippen LogP contribution is 2.16. The molecule has 1 atom stereocenters. The molecule has 0 aliphatic heterocycles. The van der Waals surface area contributed by atoms with Crippen molar-refractivity contribution in [1.29, 1.82) is 0 Å². The lowest BCUT2D eigenvalue weighted by atomic mass is 10.1. The van der Waals surface area contributed by atoms with Crippen molar-refractivity contribution >= 4 is 29.3 Å². The summed E-state index contributed by atoms with van der Waals surface area (Å²) in [5.41, 5.74) is 1.66. The number of pyridine rings is 1. The van der Waals surface area contributed by atoms with E-state index in [4.69, 9.17) is 4.74 Å². The summed E-state index contributed by atoms with van der Waals surface area (Å²) in [6.07, 6.45) is 2.21. The number of methoxy groups -OCH3 is 1. The minimum Gasteiger partial charge on any atom is -0.467 e. The molecule has 0 aliphatic carbocycles. The molecule has 7 nitrogen and oxygen atoms in total. The van der Waals surface area contributed by atoms with Gasteiger partial charge in [0.1, 0.15) is 6.04 Å². The van der Waals surface area contributed by atoms with Gasteiger partial charge in [0, 0.05) is 12.6 Å². The molecule has 0 radical (unpaired) electrons. The van der Waals surface area contributed by atoms with Crippen molar-refractivity contribution in [2.75, 3.05) is 12.9 Å². The van der Waals surface area contributed by atoms with Crippen LogP contribution in [0.25, 0.3) is 5.65 Å². The van der Waals surface area contributed by atoms with E-state index in [-0.39, 0.29) is 11.7 Å². The Bertz CT molecular complexity index is 898. The molecule has 0 spiro atoms. The summed E-state index contributed by atoms with van der Waals surface area (Å²) in [5, 5.41) is 11.5. The predicted octanol–water partition coefficient (Wildman–Crippen LogP) is 1.72. The normalized spacial score (nSPS) is 11.9. The lowest BCUT2D eigenvalue weighted by molar-refractivity contribution is -0.144. The molecule has 0 saturated carbocycles. The number of carbonyl (C=O) groups excluding carboxylic acids is 2. The zero-order chi connectivity index (χ0) is 18.4. The van der Waals surface area contributed by atoms with Crippen LogP contribution in [0.3, 0.4) is 0 Å². The van der Waals surface area contributed by atoms with Crippen LogP contribution in [0.4, 0.5) is 0 Å². The fraction of sp³-hybridized carbons (Fsp3) is 0.222. The van der Waals surface area contributed by atoms with Crippen LogP contribution in [-0.4, -0.2) is 45.4 Å². The van der Waals surface area contributed by atoms with Gasteiger partial charge in [0.2, 0.25) is 5.91 Å². The minimum atomic E-state index is -0.731. The standard InChI is InChI=1S/C18H18N4O3S/c1-25-17(24)14(11-13-7-3-2-4-8-13)19-16(23)12-26-18-21-20-15-9-5-6-10-22(15)18/h2-10,14H,11-12H2,1H3,(H,19,23). The third-order valence-electron chi connectivity index (χ3n) is 3.72. The first-order valence-electron chi connectivity index (χ1n) is 8.01. The Morgan fingerprint density at radius 1 is 1.15 bits per heavy atom. The fourth-order valence-electron chi connectivity index (χ4n) is 2.47. The van der Waals surface area contributed by atoms with Crippen molar-refractivity contribution in [3.63, 3.8) is 0 Å². The molecule has 1 unspecified atom stereocenters. The number of amides is 1. The van der Waals surface area contributed by atoms with E-state index in [2.05, 4.69) is 15.5 Å². The largest absolute Gasteiger partial charge is 0.467 e. The van der Waals surface area contributed by atoms with E-state index >= 15 is 0 Å². The van der Waals surface area contributed by atoms with Gasteiger partial charge in [-0.1, -0.05) is 48.2 Å². The number of benzene rings is 1. The van der Waals surface area contributed by atoms with Gasteiger partial charge in [-0.3, -0.25) is 9.20 Å². The number of hydrogen-bond donors (Lipinski definition) is 1. The molecule has 134 valence electrons. The first-order chi connectivity index (χ1) is 12.7. The average molecular weight is 370 g/mol. The molecule has 1 amide bonds. The maximum absolute atomic E-state index is 12.3. The Labute approximate surface area is 154 Å². The SMILES string of the molecule is COC(=O)C(Cc1ccccc1)NC(=O)CSc1nnc2ccccn12. The zero-order valence-electron chi connectivity index (χ0n) is 14.2. The second kappa shape index (κ2) is 8.48. The minimum absolute atomic E-state index is 0.123. The van der Waals surface area contributed by atoms with Gasteiger partial charge in [-0.25, -0.2) is 4.79 Å². The van der Waals surface area contributed by atoms with Crippen LogP contribution in [0.5, 0.6) is 0 Å². The third kappa shape index (κ3) is 4.40. The predicted molar refractivity (Wildman–Crippen MR) is 97.8 cm³/mol. The first kappa shape index (κ1) is 17.9. The number of thioether (sulfide) groups is 1. The molecular weight excluding hydrogens is 352 g/mol. The molecule has 8 heteroatoms. The Balaban J connectivity index is 1.61. The van der Waals surface area contributed by atoms with Crippen LogP contribution in [0.2, 0.25) is 0 Å². The van der Waals surface area contributed by atoms with Crippen molar-refractivity contribution in [3.05, 3.63) is 60.3 Å². The number of nitrogens with zero attached hydrogens (tertiary/aromatic N) is 3. The highest BCUT2D eigenvalue weighted by Gasteiger charge is 2.22. The summed E-state index contributed by atoms with van der Waals surface area (Å²) in [7, 11) is 1.31. The van der Waals surface area contributed by atoms with Gasteiger partial charge < -0.3 is 10.1 Å². The highest BCUT2D eigenvalue weighted by atomic mass is 32.2. The molecule has 0 aliphatic rings. The highest BCUT2D eigenvalue weighted by molar-refractivity contribution is 7.99. The molecule has 26 heavy (non-hydrogen) atoms. The van der Waals surface area contributed by atoms with E-state index in [0.29, 0.717) is 17.2 Å². The lowest BCUT2D eigenvalue weighted by Crippen LogP contribution is -2.43. The van der Waals surface area contributed by atoms with Crippen molar-refractivity contribution in [2.24, 2.45) is 0 Å². The average Bonchev–Trinajstić information content (AvgIpc) is 3.09. The number of ether oxygens (including phenoxy) is 1. The molecule has 0 bridgehead atoms. The van der Waals surface area contributed by atoms with Crippen LogP contribution in [0.1, 0.15) is 5.56 Å². The number of carbonyl (C=O) groups is 2. The molecule has 2 aromatic heterocycles. The summed E-state index contributed by atoms with van der Waals surface area (Å²) in [6.45, 7) is 0. The summed E-state index contributed by atoms with van der Waals surface area (Å²) >= 11 is 1.26. The van der Waals surface area contributed by atoms with Gasteiger partial charge in [-0.2, -0.15) is 0 Å². The molecule has 2 heterocycles. The summed E-state index contributed by atoms with van der Waals surface area (Å²) < 4.78 is 6.61. The summed E-state index contributed by atoms with van der Waals surface area (Å²) in [5.74, 6) is -0.619. The molecule has 0 saturated heterocycles. The third-order valence-corrected chi connectivity index (χ3v) is 4.66. The molecule has 1 aromatic carbocycles. The number of fused-ring (bicyclic) bond motifs is 1. The van der Waals surface area contributed by atoms with Gasteiger partial charge in [0.05, 0.1) is 12.9 Å². The number of aromatic nitrogens is 3. The maximum atomic E-state index is 12.3. The van der Waals surface area contributed by atoms with Crippen molar-refractivity contribution < 1.29 is 14.3 Å². The quantitative estimate of drug-likeness (QED) is 0.503. The van der Waals surface area contributed by atoms with Gasteiger partial charge in [0.15, 0.2) is 10.8 Å². The second-order valence-corrected chi connectivity index (χ2v) is 6.48. The Morgan fingerprint density at radius 3 is 2.69 bits per heavy atom. The van der Waals surface area contributed by atoms with Gasteiger partial charge in [-0.15, -0.1) is 10.2 Å². The topological polar surface area (TPSA) is 85.6 Å². The fourth-order valence-corrected chi connectivity index (χ4v) is 3.20. The number of hydrogen-bond acceptors (Lipinski definition) is 6. The van der Waals surface area contributed by atoms with Crippen LogP contribution in [0, 0.1) is 0 Å². The van der Waals surface area contributed by atoms with Crippen LogP contribution < -0.4 is 5.32 Å². The molecular formula is C18H18N4O3S. The number of esters is 1. The number of nitrogens with one attached hydrogen (secondary N) is 1. The summed E-state index contributed by atoms with van der Waals surface area (Å²) in [4.78, 5) is 24.3. The zero-order valence-corrected chi connectivity index (χ0v) is 15.0. The molecule has 1 N–H and O–H groups in total. The van der Waals surface area contributed by atoms with E-state index in [1.807, 2.05) is 54.7 Å². The molecule has 3 rings (SSSR count). The number of rotatable bonds is 7. The van der Waals surface area contributed by atoms with E-state index in [1.54, 1.807) is 4.40 Å². The van der Waals surface area contributed by atoms with Crippen molar-refractivity contribution in [2.45, 2.75) is 17.6 Å².